The molecule has 1 aliphatic rings. The van der Waals surface area contributed by atoms with Crippen molar-refractivity contribution in [3.63, 3.8) is 0 Å². The lowest BCUT2D eigenvalue weighted by molar-refractivity contribution is -0.385. The van der Waals surface area contributed by atoms with Gasteiger partial charge in [-0.05, 0) is 26.2 Å². The van der Waals surface area contributed by atoms with Gasteiger partial charge < -0.3 is 10.1 Å². The Morgan fingerprint density at radius 1 is 1.42 bits per heavy atom. The predicted molar refractivity (Wildman–Crippen MR) is 73.1 cm³/mol. The molecule has 3 atom stereocenters. The van der Waals surface area contributed by atoms with Gasteiger partial charge in [-0.15, -0.1) is 0 Å². The standard InChI is InChI=1S/C14H20N2O3/c1-10(15-11-7-8-12(9-11)19-2)13-5-3-4-6-14(13)16(17)18/h3-6,10-12,15H,7-9H2,1-2H3. The number of hydrogen-bond donors (Lipinski definition) is 1. The van der Waals surface area contributed by atoms with Gasteiger partial charge in [0.1, 0.15) is 0 Å². The van der Waals surface area contributed by atoms with Crippen LogP contribution in [0, 0.1) is 10.1 Å². The van der Waals surface area contributed by atoms with Crippen LogP contribution in [0.3, 0.4) is 0 Å². The molecule has 3 unspecified atom stereocenters. The summed E-state index contributed by atoms with van der Waals surface area (Å²) >= 11 is 0. The first-order chi connectivity index (χ1) is 9.11. The zero-order valence-corrected chi connectivity index (χ0v) is 11.3. The van der Waals surface area contributed by atoms with Crippen molar-refractivity contribution < 1.29 is 9.66 Å². The molecule has 0 heterocycles. The van der Waals surface area contributed by atoms with Crippen LogP contribution in [0.4, 0.5) is 5.69 Å². The van der Waals surface area contributed by atoms with Crippen LogP contribution >= 0.6 is 0 Å². The van der Waals surface area contributed by atoms with E-state index in [1.54, 1.807) is 19.2 Å². The first-order valence-electron chi connectivity index (χ1n) is 6.64. The second-order valence-corrected chi connectivity index (χ2v) is 5.07. The average molecular weight is 264 g/mol. The third-order valence-electron chi connectivity index (χ3n) is 3.80. The van der Waals surface area contributed by atoms with E-state index in [1.165, 1.54) is 0 Å². The zero-order chi connectivity index (χ0) is 13.8. The molecule has 19 heavy (non-hydrogen) atoms. The monoisotopic (exact) mass is 264 g/mol. The maximum atomic E-state index is 11.0. The van der Waals surface area contributed by atoms with Crippen LogP contribution in [0.1, 0.15) is 37.8 Å². The van der Waals surface area contributed by atoms with Crippen molar-refractivity contribution in [3.8, 4) is 0 Å². The Bertz CT molecular complexity index is 450. The van der Waals surface area contributed by atoms with E-state index in [9.17, 15) is 10.1 Å². The molecule has 1 aliphatic carbocycles. The molecule has 0 aromatic heterocycles. The lowest BCUT2D eigenvalue weighted by Gasteiger charge is -2.19. The summed E-state index contributed by atoms with van der Waals surface area (Å²) in [5.74, 6) is 0. The van der Waals surface area contributed by atoms with Crippen molar-refractivity contribution in [1.82, 2.24) is 5.32 Å². The van der Waals surface area contributed by atoms with Gasteiger partial charge in [0.15, 0.2) is 0 Å². The second kappa shape index (κ2) is 6.12. The Morgan fingerprint density at radius 2 is 2.16 bits per heavy atom. The smallest absolute Gasteiger partial charge is 0.274 e. The quantitative estimate of drug-likeness (QED) is 0.656. The number of nitrogens with zero attached hydrogens (tertiary/aromatic N) is 1. The van der Waals surface area contributed by atoms with Crippen LogP contribution in [-0.4, -0.2) is 24.2 Å². The lowest BCUT2D eigenvalue weighted by atomic mass is 10.0. The number of nitro benzene ring substituents is 1. The van der Waals surface area contributed by atoms with Gasteiger partial charge in [0.05, 0.1) is 11.0 Å². The van der Waals surface area contributed by atoms with Crippen molar-refractivity contribution in [1.29, 1.82) is 0 Å². The number of ether oxygens (including phenoxy) is 1. The molecule has 2 rings (SSSR count). The van der Waals surface area contributed by atoms with E-state index >= 15 is 0 Å². The highest BCUT2D eigenvalue weighted by atomic mass is 16.6. The highest BCUT2D eigenvalue weighted by Gasteiger charge is 2.27. The molecule has 1 fully saturated rings. The summed E-state index contributed by atoms with van der Waals surface area (Å²) in [4.78, 5) is 10.7. The van der Waals surface area contributed by atoms with Crippen LogP contribution < -0.4 is 5.32 Å². The fraction of sp³-hybridized carbons (Fsp3) is 0.571. The van der Waals surface area contributed by atoms with Gasteiger partial charge >= 0.3 is 0 Å². The van der Waals surface area contributed by atoms with Crippen molar-refractivity contribution in [2.45, 2.75) is 44.4 Å². The first-order valence-corrected chi connectivity index (χ1v) is 6.64. The zero-order valence-electron chi connectivity index (χ0n) is 11.3. The van der Waals surface area contributed by atoms with Gasteiger partial charge in [-0.2, -0.15) is 0 Å². The number of nitro groups is 1. The molecule has 1 saturated carbocycles. The van der Waals surface area contributed by atoms with E-state index in [0.717, 1.165) is 24.8 Å². The number of rotatable bonds is 5. The number of para-hydroxylation sites is 1. The van der Waals surface area contributed by atoms with Gasteiger partial charge in [0.25, 0.3) is 5.69 Å². The Balaban J connectivity index is 2.04. The summed E-state index contributed by atoms with van der Waals surface area (Å²) in [6.45, 7) is 1.97. The molecule has 1 N–H and O–H groups in total. The average Bonchev–Trinajstić information content (AvgIpc) is 2.86. The summed E-state index contributed by atoms with van der Waals surface area (Å²) in [5.41, 5.74) is 0.928. The molecule has 0 spiro atoms. The van der Waals surface area contributed by atoms with E-state index in [0.29, 0.717) is 12.1 Å². The Hall–Kier alpha value is -1.46. The maximum Gasteiger partial charge on any atom is 0.274 e. The summed E-state index contributed by atoms with van der Waals surface area (Å²) in [6, 6.07) is 7.26. The largest absolute Gasteiger partial charge is 0.381 e. The van der Waals surface area contributed by atoms with E-state index in [-0.39, 0.29) is 16.7 Å². The fourth-order valence-electron chi connectivity index (χ4n) is 2.77. The molecule has 104 valence electrons. The van der Waals surface area contributed by atoms with Gasteiger partial charge in [-0.1, -0.05) is 18.2 Å². The molecule has 0 amide bonds. The SMILES string of the molecule is COC1CCC(NC(C)c2ccccc2[N+](=O)[O-])C1. The van der Waals surface area contributed by atoms with Gasteiger partial charge in [-0.3, -0.25) is 10.1 Å². The molecule has 5 heteroatoms. The maximum absolute atomic E-state index is 11.0. The summed E-state index contributed by atoms with van der Waals surface area (Å²) < 4.78 is 5.34. The molecular formula is C14H20N2O3. The molecule has 0 radical (unpaired) electrons. The van der Waals surface area contributed by atoms with Gasteiger partial charge in [0.2, 0.25) is 0 Å². The molecule has 5 nitrogen and oxygen atoms in total. The second-order valence-electron chi connectivity index (χ2n) is 5.07. The predicted octanol–water partition coefficient (Wildman–Crippen LogP) is 2.81. The minimum atomic E-state index is -0.319. The van der Waals surface area contributed by atoms with E-state index in [1.807, 2.05) is 19.1 Å². The van der Waals surface area contributed by atoms with Crippen molar-refractivity contribution in [2.24, 2.45) is 0 Å². The minimum absolute atomic E-state index is 0.0257. The third kappa shape index (κ3) is 3.30. The number of nitrogens with one attached hydrogen (secondary N) is 1. The first kappa shape index (κ1) is 14.0. The number of methoxy groups -OCH3 is 1. The fourth-order valence-corrected chi connectivity index (χ4v) is 2.77. The Morgan fingerprint density at radius 3 is 2.79 bits per heavy atom. The molecule has 0 aliphatic heterocycles. The van der Waals surface area contributed by atoms with Crippen molar-refractivity contribution >= 4 is 5.69 Å². The Kier molecular flexibility index (Phi) is 4.50. The van der Waals surface area contributed by atoms with E-state index < -0.39 is 0 Å². The summed E-state index contributed by atoms with van der Waals surface area (Å²) in [5, 5.41) is 14.5. The van der Waals surface area contributed by atoms with Crippen molar-refractivity contribution in [3.05, 3.63) is 39.9 Å². The molecular weight excluding hydrogens is 244 g/mol. The topological polar surface area (TPSA) is 64.4 Å². The molecule has 0 bridgehead atoms. The summed E-state index contributed by atoms with van der Waals surface area (Å²) in [6.07, 6.45) is 3.40. The molecule has 1 aromatic rings. The van der Waals surface area contributed by atoms with Crippen LogP contribution in [-0.2, 0) is 4.74 Å². The third-order valence-corrected chi connectivity index (χ3v) is 3.80. The normalized spacial score (nSPS) is 24.3. The van der Waals surface area contributed by atoms with E-state index in [4.69, 9.17) is 4.74 Å². The van der Waals surface area contributed by atoms with E-state index in [2.05, 4.69) is 5.32 Å². The minimum Gasteiger partial charge on any atom is -0.381 e. The van der Waals surface area contributed by atoms with Crippen LogP contribution in [0.15, 0.2) is 24.3 Å². The Labute approximate surface area is 113 Å². The van der Waals surface area contributed by atoms with Crippen LogP contribution in [0.25, 0.3) is 0 Å². The van der Waals surface area contributed by atoms with Crippen LogP contribution in [0.2, 0.25) is 0 Å². The highest BCUT2D eigenvalue weighted by Crippen LogP contribution is 2.28. The summed E-state index contributed by atoms with van der Waals surface area (Å²) in [7, 11) is 1.73. The number of benzene rings is 1. The lowest BCUT2D eigenvalue weighted by Crippen LogP contribution is -2.30. The highest BCUT2D eigenvalue weighted by molar-refractivity contribution is 5.41. The van der Waals surface area contributed by atoms with Crippen molar-refractivity contribution in [2.75, 3.05) is 7.11 Å². The molecule has 1 aromatic carbocycles. The van der Waals surface area contributed by atoms with Gasteiger partial charge in [-0.25, -0.2) is 0 Å². The van der Waals surface area contributed by atoms with Crippen LogP contribution in [0.5, 0.6) is 0 Å². The van der Waals surface area contributed by atoms with Gasteiger partial charge in [0, 0.05) is 30.8 Å². The molecule has 0 saturated heterocycles. The number of hydrogen-bond acceptors (Lipinski definition) is 4.